The molecule has 1 amide bonds. The Hall–Kier alpha value is -1.97. The number of hydrogen-bond acceptors (Lipinski definition) is 3. The predicted octanol–water partition coefficient (Wildman–Crippen LogP) is 4.35. The summed E-state index contributed by atoms with van der Waals surface area (Å²) in [5, 5.41) is 5.65. The number of ketones is 1. The fourth-order valence-corrected chi connectivity index (χ4v) is 2.91. The van der Waals surface area contributed by atoms with Crippen LogP contribution in [0.25, 0.3) is 0 Å². The van der Waals surface area contributed by atoms with Crippen LogP contribution in [0.1, 0.15) is 58.8 Å². The van der Waals surface area contributed by atoms with Crippen molar-refractivity contribution in [3.63, 3.8) is 0 Å². The molecule has 0 saturated carbocycles. The number of amides is 1. The van der Waals surface area contributed by atoms with Crippen molar-refractivity contribution in [1.82, 2.24) is 0 Å². The van der Waals surface area contributed by atoms with Crippen LogP contribution in [0, 0.1) is 5.92 Å². The summed E-state index contributed by atoms with van der Waals surface area (Å²) in [5.41, 5.74) is 1.32. The lowest BCUT2D eigenvalue weighted by molar-refractivity contribution is -0.129. The van der Waals surface area contributed by atoms with Crippen molar-refractivity contribution in [3.8, 4) is 0 Å². The number of hydrogen-bond donors (Lipinski definition) is 0. The SMILES string of the molecule is CCCCCCCCC(=O)C1C(=O)N(c2ccccc2)N=C1C. The molecule has 0 radical (unpaired) electrons. The van der Waals surface area contributed by atoms with Crippen LogP contribution in [0.2, 0.25) is 0 Å². The van der Waals surface area contributed by atoms with Crippen molar-refractivity contribution in [1.29, 1.82) is 0 Å². The Morgan fingerprint density at radius 2 is 1.74 bits per heavy atom. The van der Waals surface area contributed by atoms with Gasteiger partial charge in [-0.2, -0.15) is 10.1 Å². The number of Topliss-reactive ketones (excluding diaryl/α,β-unsaturated/α-hetero) is 1. The van der Waals surface area contributed by atoms with Crippen LogP contribution >= 0.6 is 0 Å². The van der Waals surface area contributed by atoms with Gasteiger partial charge in [-0.1, -0.05) is 57.2 Å². The standard InChI is InChI=1S/C19H26N2O2/c1-3-4-5-6-7-11-14-17(22)18-15(2)20-21(19(18)23)16-12-9-8-10-13-16/h8-10,12-13,18H,3-7,11,14H2,1-2H3. The summed E-state index contributed by atoms with van der Waals surface area (Å²) in [6.07, 6.45) is 7.28. The molecule has 0 aromatic heterocycles. The van der Waals surface area contributed by atoms with Crippen LogP contribution in [-0.2, 0) is 9.59 Å². The maximum atomic E-state index is 12.5. The number of carbonyl (C=O) groups is 2. The summed E-state index contributed by atoms with van der Waals surface area (Å²) in [6, 6.07) is 9.27. The molecule has 1 aromatic rings. The molecule has 1 aliphatic heterocycles. The van der Waals surface area contributed by atoms with Gasteiger partial charge in [0.15, 0.2) is 5.78 Å². The molecule has 2 rings (SSSR count). The third-order valence-corrected chi connectivity index (χ3v) is 4.23. The van der Waals surface area contributed by atoms with Gasteiger partial charge in [0.05, 0.1) is 11.4 Å². The minimum absolute atomic E-state index is 0.00479. The highest BCUT2D eigenvalue weighted by atomic mass is 16.2. The second kappa shape index (κ2) is 8.61. The molecule has 124 valence electrons. The Kier molecular flexibility index (Phi) is 6.51. The molecule has 4 heteroatoms. The van der Waals surface area contributed by atoms with Gasteiger partial charge < -0.3 is 0 Å². The van der Waals surface area contributed by atoms with Gasteiger partial charge in [0.25, 0.3) is 5.91 Å². The Bertz CT molecular complexity index is 566. The second-order valence-electron chi connectivity index (χ2n) is 6.14. The normalized spacial score (nSPS) is 17.5. The molecule has 4 nitrogen and oxygen atoms in total. The first-order valence-electron chi connectivity index (χ1n) is 8.62. The minimum Gasteiger partial charge on any atom is -0.298 e. The summed E-state index contributed by atoms with van der Waals surface area (Å²) in [6.45, 7) is 3.96. The molecule has 1 unspecified atom stereocenters. The van der Waals surface area contributed by atoms with Crippen LogP contribution in [-0.4, -0.2) is 17.4 Å². The van der Waals surface area contributed by atoms with E-state index in [1.54, 1.807) is 6.92 Å². The molecule has 0 saturated heterocycles. The van der Waals surface area contributed by atoms with E-state index >= 15 is 0 Å². The average molecular weight is 314 g/mol. The number of para-hydroxylation sites is 1. The van der Waals surface area contributed by atoms with Crippen LogP contribution in [0.15, 0.2) is 35.4 Å². The van der Waals surface area contributed by atoms with Gasteiger partial charge in [-0.3, -0.25) is 9.59 Å². The summed E-state index contributed by atoms with van der Waals surface area (Å²) >= 11 is 0. The third kappa shape index (κ3) is 4.50. The number of unbranched alkanes of at least 4 members (excludes halogenated alkanes) is 5. The molecular formula is C19H26N2O2. The van der Waals surface area contributed by atoms with Gasteiger partial charge in [0.1, 0.15) is 5.92 Å². The topological polar surface area (TPSA) is 49.7 Å². The van der Waals surface area contributed by atoms with Crippen molar-refractivity contribution >= 4 is 23.1 Å². The zero-order chi connectivity index (χ0) is 16.7. The molecule has 1 atom stereocenters. The highest BCUT2D eigenvalue weighted by Gasteiger charge is 2.38. The highest BCUT2D eigenvalue weighted by molar-refractivity contribution is 6.26. The van der Waals surface area contributed by atoms with E-state index in [-0.39, 0.29) is 11.7 Å². The molecule has 23 heavy (non-hydrogen) atoms. The first-order chi connectivity index (χ1) is 11.1. The molecular weight excluding hydrogens is 288 g/mol. The lowest BCUT2D eigenvalue weighted by atomic mass is 9.94. The van der Waals surface area contributed by atoms with Crippen LogP contribution in [0.3, 0.4) is 0 Å². The average Bonchev–Trinajstić information content (AvgIpc) is 2.86. The van der Waals surface area contributed by atoms with E-state index in [1.165, 1.54) is 30.7 Å². The summed E-state index contributed by atoms with van der Waals surface area (Å²) in [7, 11) is 0. The van der Waals surface area contributed by atoms with E-state index in [1.807, 2.05) is 30.3 Å². The monoisotopic (exact) mass is 314 g/mol. The minimum atomic E-state index is -0.689. The smallest absolute Gasteiger partial charge is 0.263 e. The molecule has 0 fully saturated rings. The lowest BCUT2D eigenvalue weighted by Crippen LogP contribution is -2.32. The van der Waals surface area contributed by atoms with Crippen molar-refractivity contribution in [2.75, 3.05) is 5.01 Å². The van der Waals surface area contributed by atoms with Gasteiger partial charge >= 0.3 is 0 Å². The van der Waals surface area contributed by atoms with Gasteiger partial charge in [-0.25, -0.2) is 0 Å². The van der Waals surface area contributed by atoms with E-state index in [4.69, 9.17) is 0 Å². The third-order valence-electron chi connectivity index (χ3n) is 4.23. The summed E-state index contributed by atoms with van der Waals surface area (Å²) in [5.74, 6) is -0.902. The summed E-state index contributed by atoms with van der Waals surface area (Å²) < 4.78 is 0. The van der Waals surface area contributed by atoms with Crippen LogP contribution in [0.5, 0.6) is 0 Å². The van der Waals surface area contributed by atoms with Gasteiger partial charge in [-0.05, 0) is 25.5 Å². The van der Waals surface area contributed by atoms with Crippen molar-refractivity contribution < 1.29 is 9.59 Å². The first-order valence-corrected chi connectivity index (χ1v) is 8.62. The van der Waals surface area contributed by atoms with Crippen LogP contribution in [0.4, 0.5) is 5.69 Å². The molecule has 0 aliphatic carbocycles. The Morgan fingerprint density at radius 1 is 1.09 bits per heavy atom. The largest absolute Gasteiger partial charge is 0.298 e. The molecule has 0 bridgehead atoms. The van der Waals surface area contributed by atoms with Gasteiger partial charge in [0, 0.05) is 6.42 Å². The van der Waals surface area contributed by atoms with Crippen molar-refractivity contribution in [2.45, 2.75) is 58.8 Å². The molecule has 1 aliphatic rings. The number of rotatable bonds is 9. The lowest BCUT2D eigenvalue weighted by Gasteiger charge is -2.13. The van der Waals surface area contributed by atoms with Gasteiger partial charge in [-0.15, -0.1) is 0 Å². The zero-order valence-corrected chi connectivity index (χ0v) is 14.1. The van der Waals surface area contributed by atoms with Crippen molar-refractivity contribution in [3.05, 3.63) is 30.3 Å². The van der Waals surface area contributed by atoms with Crippen molar-refractivity contribution in [2.24, 2.45) is 11.0 Å². The number of benzene rings is 1. The number of anilines is 1. The maximum Gasteiger partial charge on any atom is 0.263 e. The van der Waals surface area contributed by atoms with Gasteiger partial charge in [0.2, 0.25) is 0 Å². The van der Waals surface area contributed by atoms with E-state index in [9.17, 15) is 9.59 Å². The zero-order valence-electron chi connectivity index (χ0n) is 14.1. The summed E-state index contributed by atoms with van der Waals surface area (Å²) in [4.78, 5) is 24.9. The number of nitrogens with zero attached hydrogens (tertiary/aromatic N) is 2. The molecule has 1 heterocycles. The second-order valence-corrected chi connectivity index (χ2v) is 6.14. The Balaban J connectivity index is 1.87. The van der Waals surface area contributed by atoms with Crippen LogP contribution < -0.4 is 5.01 Å². The van der Waals surface area contributed by atoms with E-state index in [0.29, 0.717) is 17.8 Å². The Labute approximate surface area is 138 Å². The van der Waals surface area contributed by atoms with E-state index in [2.05, 4.69) is 12.0 Å². The quantitative estimate of drug-likeness (QED) is 0.503. The first kappa shape index (κ1) is 17.4. The predicted molar refractivity (Wildman–Crippen MR) is 93.5 cm³/mol. The van der Waals surface area contributed by atoms with E-state index < -0.39 is 5.92 Å². The highest BCUT2D eigenvalue weighted by Crippen LogP contribution is 2.25. The number of hydrazone groups is 1. The molecule has 0 spiro atoms. The number of carbonyl (C=O) groups excluding carboxylic acids is 2. The maximum absolute atomic E-state index is 12.5. The van der Waals surface area contributed by atoms with E-state index in [0.717, 1.165) is 12.8 Å². The fourth-order valence-electron chi connectivity index (χ4n) is 2.91. The fraction of sp³-hybridized carbons (Fsp3) is 0.526. The Morgan fingerprint density at radius 3 is 2.43 bits per heavy atom. The molecule has 0 N–H and O–H groups in total. The molecule has 1 aromatic carbocycles.